The van der Waals surface area contributed by atoms with Gasteiger partial charge in [0.25, 0.3) is 0 Å². The number of hydrazine groups is 1. The fourth-order valence-electron chi connectivity index (χ4n) is 3.09. The van der Waals surface area contributed by atoms with E-state index in [2.05, 4.69) is 23.6 Å². The first-order valence-electron chi connectivity index (χ1n) is 7.50. The van der Waals surface area contributed by atoms with E-state index >= 15 is 0 Å². The number of hydrogen-bond donors (Lipinski definition) is 2. The Bertz CT molecular complexity index is 652. The van der Waals surface area contributed by atoms with E-state index in [0.29, 0.717) is 5.56 Å². The Labute approximate surface area is 125 Å². The molecule has 2 aromatic rings. The third kappa shape index (κ3) is 2.99. The second kappa shape index (κ2) is 5.96. The van der Waals surface area contributed by atoms with Gasteiger partial charge >= 0.3 is 0 Å². The van der Waals surface area contributed by atoms with Crippen molar-refractivity contribution in [2.45, 2.75) is 38.6 Å². The van der Waals surface area contributed by atoms with Crippen LogP contribution in [0.25, 0.3) is 0 Å². The van der Waals surface area contributed by atoms with Crippen LogP contribution in [0.4, 0.5) is 4.39 Å². The molecule has 0 saturated carbocycles. The van der Waals surface area contributed by atoms with Gasteiger partial charge in [0, 0.05) is 0 Å². The van der Waals surface area contributed by atoms with Crippen molar-refractivity contribution in [1.29, 1.82) is 0 Å². The van der Waals surface area contributed by atoms with E-state index in [0.717, 1.165) is 12.0 Å². The third-order valence-corrected chi connectivity index (χ3v) is 4.40. The second-order valence-corrected chi connectivity index (χ2v) is 5.89. The molecule has 21 heavy (non-hydrogen) atoms. The molecule has 3 N–H and O–H groups in total. The molecule has 0 aliphatic heterocycles. The van der Waals surface area contributed by atoms with Crippen LogP contribution >= 0.6 is 0 Å². The molecule has 0 saturated heterocycles. The van der Waals surface area contributed by atoms with Crippen molar-refractivity contribution in [3.05, 3.63) is 70.0 Å². The predicted molar refractivity (Wildman–Crippen MR) is 83.4 cm³/mol. The molecular weight excluding hydrogens is 263 g/mol. The molecule has 3 rings (SSSR count). The van der Waals surface area contributed by atoms with Crippen LogP contribution in [-0.4, -0.2) is 0 Å². The molecule has 0 spiro atoms. The molecule has 0 amide bonds. The zero-order valence-corrected chi connectivity index (χ0v) is 12.3. The monoisotopic (exact) mass is 284 g/mol. The van der Waals surface area contributed by atoms with Crippen LogP contribution in [0.5, 0.6) is 0 Å². The molecule has 2 nitrogen and oxygen atoms in total. The van der Waals surface area contributed by atoms with Gasteiger partial charge in [-0.2, -0.15) is 0 Å². The normalized spacial score (nSPS) is 15.0. The van der Waals surface area contributed by atoms with E-state index in [9.17, 15) is 4.39 Å². The van der Waals surface area contributed by atoms with Gasteiger partial charge in [0.15, 0.2) is 0 Å². The van der Waals surface area contributed by atoms with Crippen LogP contribution < -0.4 is 11.3 Å². The number of nitrogens with two attached hydrogens (primary N) is 1. The molecule has 1 aliphatic carbocycles. The van der Waals surface area contributed by atoms with Crippen LogP contribution in [0.1, 0.15) is 40.3 Å². The number of hydrogen-bond acceptors (Lipinski definition) is 2. The fraction of sp³-hybridized carbons (Fsp3) is 0.333. The van der Waals surface area contributed by atoms with Crippen LogP contribution in [0, 0.1) is 12.7 Å². The van der Waals surface area contributed by atoms with Crippen molar-refractivity contribution >= 4 is 0 Å². The highest BCUT2D eigenvalue weighted by molar-refractivity contribution is 5.36. The minimum Gasteiger partial charge on any atom is -0.271 e. The van der Waals surface area contributed by atoms with E-state index in [4.69, 9.17) is 5.84 Å². The maximum absolute atomic E-state index is 13.7. The molecule has 1 unspecified atom stereocenters. The largest absolute Gasteiger partial charge is 0.271 e. The standard InChI is InChI=1S/C18H21FN2/c1-12-5-7-16(11-17(12)19)18(21-20)10-13-6-8-14-3-2-4-15(14)9-13/h5-9,11,18,21H,2-4,10,20H2,1H3. The number of nitrogens with one attached hydrogen (secondary N) is 1. The Morgan fingerprint density at radius 2 is 1.95 bits per heavy atom. The molecule has 1 atom stereocenters. The average molecular weight is 284 g/mol. The summed E-state index contributed by atoms with van der Waals surface area (Å²) >= 11 is 0. The van der Waals surface area contributed by atoms with Crippen molar-refractivity contribution in [2.24, 2.45) is 5.84 Å². The Morgan fingerprint density at radius 1 is 1.14 bits per heavy atom. The zero-order chi connectivity index (χ0) is 14.8. The van der Waals surface area contributed by atoms with Crippen molar-refractivity contribution in [3.8, 4) is 0 Å². The predicted octanol–water partition coefficient (Wildman–Crippen LogP) is 3.37. The summed E-state index contributed by atoms with van der Waals surface area (Å²) in [5.41, 5.74) is 8.54. The number of benzene rings is 2. The van der Waals surface area contributed by atoms with E-state index in [1.54, 1.807) is 19.1 Å². The van der Waals surface area contributed by atoms with Gasteiger partial charge in [0.05, 0.1) is 6.04 Å². The van der Waals surface area contributed by atoms with Crippen molar-refractivity contribution < 1.29 is 4.39 Å². The summed E-state index contributed by atoms with van der Waals surface area (Å²) in [6.07, 6.45) is 4.38. The summed E-state index contributed by atoms with van der Waals surface area (Å²) in [5.74, 6) is 5.50. The van der Waals surface area contributed by atoms with Crippen molar-refractivity contribution in [1.82, 2.24) is 5.43 Å². The number of fused-ring (bicyclic) bond motifs is 1. The summed E-state index contributed by atoms with van der Waals surface area (Å²) in [5, 5.41) is 0. The van der Waals surface area contributed by atoms with E-state index < -0.39 is 0 Å². The average Bonchev–Trinajstić information content (AvgIpc) is 2.95. The van der Waals surface area contributed by atoms with E-state index in [-0.39, 0.29) is 11.9 Å². The van der Waals surface area contributed by atoms with Crippen LogP contribution in [0.15, 0.2) is 36.4 Å². The van der Waals surface area contributed by atoms with Gasteiger partial charge < -0.3 is 0 Å². The Hall–Kier alpha value is -1.71. The van der Waals surface area contributed by atoms with Gasteiger partial charge in [-0.3, -0.25) is 11.3 Å². The lowest BCUT2D eigenvalue weighted by molar-refractivity contribution is 0.543. The van der Waals surface area contributed by atoms with Crippen molar-refractivity contribution in [2.75, 3.05) is 0 Å². The van der Waals surface area contributed by atoms with Gasteiger partial charge in [-0.15, -0.1) is 0 Å². The maximum Gasteiger partial charge on any atom is 0.126 e. The van der Waals surface area contributed by atoms with Gasteiger partial charge in [0.2, 0.25) is 0 Å². The smallest absolute Gasteiger partial charge is 0.126 e. The summed E-state index contributed by atoms with van der Waals surface area (Å²) in [6, 6.07) is 11.9. The highest BCUT2D eigenvalue weighted by atomic mass is 19.1. The quantitative estimate of drug-likeness (QED) is 0.667. The molecular formula is C18H21FN2. The highest BCUT2D eigenvalue weighted by Crippen LogP contribution is 2.26. The Morgan fingerprint density at radius 3 is 2.71 bits per heavy atom. The van der Waals surface area contributed by atoms with Gasteiger partial charge in [0.1, 0.15) is 5.82 Å². The molecule has 0 fully saturated rings. The molecule has 3 heteroatoms. The maximum atomic E-state index is 13.7. The van der Waals surface area contributed by atoms with Gasteiger partial charge in [-0.1, -0.05) is 30.3 Å². The summed E-state index contributed by atoms with van der Waals surface area (Å²) in [7, 11) is 0. The van der Waals surface area contributed by atoms with Crippen LogP contribution in [0.3, 0.4) is 0 Å². The second-order valence-electron chi connectivity index (χ2n) is 5.89. The minimum atomic E-state index is -0.179. The summed E-state index contributed by atoms with van der Waals surface area (Å²) < 4.78 is 13.7. The molecule has 0 bridgehead atoms. The lowest BCUT2D eigenvalue weighted by atomic mass is 9.96. The fourth-order valence-corrected chi connectivity index (χ4v) is 3.09. The highest BCUT2D eigenvalue weighted by Gasteiger charge is 2.15. The van der Waals surface area contributed by atoms with Gasteiger partial charge in [-0.05, 0) is 66.5 Å². The SMILES string of the molecule is Cc1ccc(C(Cc2ccc3c(c2)CCC3)NN)cc1F. The first kappa shape index (κ1) is 14.2. The lowest BCUT2D eigenvalue weighted by Crippen LogP contribution is -2.29. The van der Waals surface area contributed by atoms with Crippen LogP contribution in [0.2, 0.25) is 0 Å². The first-order valence-corrected chi connectivity index (χ1v) is 7.50. The number of halogens is 1. The molecule has 0 radical (unpaired) electrons. The topological polar surface area (TPSA) is 38.0 Å². The van der Waals surface area contributed by atoms with Gasteiger partial charge in [-0.25, -0.2) is 4.39 Å². The minimum absolute atomic E-state index is 0.0699. The molecule has 110 valence electrons. The molecule has 0 aromatic heterocycles. The molecule has 1 aliphatic rings. The lowest BCUT2D eigenvalue weighted by Gasteiger charge is -2.17. The number of rotatable bonds is 4. The number of aryl methyl sites for hydroxylation is 3. The molecule has 0 heterocycles. The first-order chi connectivity index (χ1) is 10.2. The summed E-state index contributed by atoms with van der Waals surface area (Å²) in [6.45, 7) is 1.77. The Balaban J connectivity index is 1.82. The third-order valence-electron chi connectivity index (χ3n) is 4.40. The van der Waals surface area contributed by atoms with Crippen molar-refractivity contribution in [3.63, 3.8) is 0 Å². The molecule has 2 aromatic carbocycles. The summed E-state index contributed by atoms with van der Waals surface area (Å²) in [4.78, 5) is 0. The van der Waals surface area contributed by atoms with Crippen LogP contribution in [-0.2, 0) is 19.3 Å². The van der Waals surface area contributed by atoms with E-state index in [1.807, 2.05) is 6.07 Å². The van der Waals surface area contributed by atoms with E-state index in [1.165, 1.54) is 36.0 Å². The Kier molecular flexibility index (Phi) is 4.04. The zero-order valence-electron chi connectivity index (χ0n) is 12.3.